The van der Waals surface area contributed by atoms with E-state index in [1.165, 1.54) is 0 Å². The van der Waals surface area contributed by atoms with E-state index in [-0.39, 0.29) is 6.15 Å². The van der Waals surface area contributed by atoms with Gasteiger partial charge in [-0.15, -0.1) is 0 Å². The van der Waals surface area contributed by atoms with Crippen LogP contribution in [0.25, 0.3) is 6.15 Å². The van der Waals surface area contributed by atoms with Gasteiger partial charge in [0.15, 0.2) is 0 Å². The van der Waals surface area contributed by atoms with Gasteiger partial charge in [-0.3, -0.25) is 10.5 Å². The van der Waals surface area contributed by atoms with E-state index in [1.54, 1.807) is 0 Å². The zero-order valence-corrected chi connectivity index (χ0v) is 5.38. The molecule has 0 saturated carbocycles. The summed E-state index contributed by atoms with van der Waals surface area (Å²) in [5, 5.41) is 12.0. The summed E-state index contributed by atoms with van der Waals surface area (Å²) in [6.07, 6.45) is 0. The van der Waals surface area contributed by atoms with Crippen LogP contribution in [0.1, 0.15) is 0 Å². The Labute approximate surface area is 42.2 Å². The molecule has 0 heterocycles. The third-order valence-electron chi connectivity index (χ3n) is 0. The van der Waals surface area contributed by atoms with Crippen molar-refractivity contribution in [2.24, 2.45) is 0 Å². The van der Waals surface area contributed by atoms with E-state index in [0.717, 1.165) is 0 Å². The third-order valence-corrected chi connectivity index (χ3v) is 0. The molecule has 0 bridgehead atoms. The molecule has 6 heteroatoms. The minimum atomic E-state index is -2.17. The molecule has 4 N–H and O–H groups in total. The Morgan fingerprint density at radius 2 is 1.17 bits per heavy atom. The molecular weight excluding hydrogens is 264 g/mol. The fourth-order valence-electron chi connectivity index (χ4n) is 0. The van der Waals surface area contributed by atoms with Gasteiger partial charge in [0, 0.05) is 0 Å². The second kappa shape index (κ2) is 67.6. The maximum absolute atomic E-state index is 8.53. The Hall–Kier alpha value is 0.142. The first kappa shape index (κ1) is 16.4. The molecule has 0 aliphatic carbocycles. The molecule has 0 aliphatic rings. The Balaban J connectivity index is -0.0000000275. The summed E-state index contributed by atoms with van der Waals surface area (Å²) in [7, 11) is 0. The molecule has 0 aromatic carbocycles. The summed E-state index contributed by atoms with van der Waals surface area (Å²) in [6, 6.07) is 0. The van der Waals surface area contributed by atoms with Crippen LogP contribution in [0.5, 0.6) is 0 Å². The Morgan fingerprint density at radius 1 is 1.17 bits per heavy atom. The molecule has 6 heavy (non-hydrogen) atoms. The quantitative estimate of drug-likeness (QED) is 0.492. The summed E-state index contributed by atoms with van der Waals surface area (Å²) < 4.78 is 17.1. The van der Waals surface area contributed by atoms with Gasteiger partial charge in [-0.25, -0.2) is 0 Å². The Morgan fingerprint density at radius 3 is 1.17 bits per heavy atom. The summed E-state index contributed by atoms with van der Waals surface area (Å²) in [5.74, 6) is 0. The molecule has 0 radical (unpaired) electrons. The summed E-state index contributed by atoms with van der Waals surface area (Å²) in [5.41, 5.74) is 0. The van der Waals surface area contributed by atoms with E-state index in [0.29, 0.717) is 0 Å². The van der Waals surface area contributed by atoms with Gasteiger partial charge in [0.1, 0.15) is 0 Å². The van der Waals surface area contributed by atoms with Crippen molar-refractivity contribution in [3.8, 4) is 0 Å². The molecule has 0 amide bonds. The summed E-state index contributed by atoms with van der Waals surface area (Å²) in [6.45, 7) is 0. The van der Waals surface area contributed by atoms with Gasteiger partial charge in [-0.2, -0.15) is 0 Å². The zero-order valence-electron chi connectivity index (χ0n) is 2.67. The van der Waals surface area contributed by atoms with Crippen LogP contribution >= 0.6 is 0 Å². The van der Waals surface area contributed by atoms with Crippen molar-refractivity contribution >= 4 is 0 Å². The van der Waals surface area contributed by atoms with Gasteiger partial charge in [-0.1, -0.05) is 0 Å². The van der Waals surface area contributed by atoms with Crippen LogP contribution in [0, 0.1) is 0 Å². The molecule has 0 atom stereocenters. The third kappa shape index (κ3) is 2020. The van der Waals surface area contributed by atoms with Crippen LogP contribution in [0.4, 0.5) is 0 Å². The fourth-order valence-corrected chi connectivity index (χ4v) is 0. The van der Waals surface area contributed by atoms with Gasteiger partial charge in [0.2, 0.25) is 0 Å². The molecule has 0 spiro atoms. The molecule has 0 saturated heterocycles. The van der Waals surface area contributed by atoms with E-state index in [9.17, 15) is 0 Å². The average molecular weight is 268 g/mol. The van der Waals surface area contributed by atoms with Gasteiger partial charge >= 0.3 is 24.8 Å². The summed E-state index contributed by atoms with van der Waals surface area (Å²) >= 11 is -2.17. The van der Waals surface area contributed by atoms with Gasteiger partial charge in [0.25, 0.3) is 0 Å². The van der Waals surface area contributed by atoms with Crippen LogP contribution in [-0.4, -0.2) is 10.5 Å². The monoisotopic (exact) mass is 269 g/mol. The number of nitrogens with two attached hydrogens (primary N) is 1. The molecule has 0 fully saturated rings. The van der Waals surface area contributed by atoms with Crippen LogP contribution in [-0.2, 0) is 24.8 Å². The van der Waals surface area contributed by atoms with Gasteiger partial charge in [-0.05, 0) is 0 Å². The molecular formula is H4NO4Re-. The average Bonchev–Trinajstić information content (AvgIpc) is 1.46. The standard InChI is InChI=1S/H2N.H2O2.2O.Re/c;1-2;;;/h1H2;1-2H;;;/q-1;;;;. The first-order valence-electron chi connectivity index (χ1n) is 0.509. The summed E-state index contributed by atoms with van der Waals surface area (Å²) in [4.78, 5) is 0. The second-order valence-corrected chi connectivity index (χ2v) is 0.516. The first-order chi connectivity index (χ1) is 2.41. The molecule has 0 aromatic rings. The van der Waals surface area contributed by atoms with E-state index in [4.69, 9.17) is 17.5 Å². The van der Waals surface area contributed by atoms with Gasteiger partial charge in [0.05, 0.1) is 0 Å². The molecule has 5 nitrogen and oxygen atoms in total. The first-order valence-corrected chi connectivity index (χ1v) is 2.73. The molecule has 41 valence electrons. The fraction of sp³-hybridized carbons (Fsp3) is 0. The van der Waals surface area contributed by atoms with Crippen LogP contribution in [0.15, 0.2) is 0 Å². The normalized spacial score (nSPS) is 3.00. The van der Waals surface area contributed by atoms with Crippen molar-refractivity contribution in [3.63, 3.8) is 0 Å². The van der Waals surface area contributed by atoms with Crippen LogP contribution in [0.2, 0.25) is 0 Å². The van der Waals surface area contributed by atoms with Crippen molar-refractivity contribution in [1.29, 1.82) is 0 Å². The van der Waals surface area contributed by atoms with Gasteiger partial charge < -0.3 is 6.15 Å². The minimum absolute atomic E-state index is 0. The number of rotatable bonds is 0. The van der Waals surface area contributed by atoms with Crippen molar-refractivity contribution in [2.75, 3.05) is 0 Å². The van der Waals surface area contributed by atoms with E-state index < -0.39 is 17.9 Å². The zero-order chi connectivity index (χ0) is 4.71. The van der Waals surface area contributed by atoms with Crippen molar-refractivity contribution in [2.45, 2.75) is 0 Å². The molecule has 0 aromatic heterocycles. The molecule has 0 rings (SSSR count). The predicted molar refractivity (Wildman–Crippen MR) is 11.9 cm³/mol. The van der Waals surface area contributed by atoms with Crippen LogP contribution in [0.3, 0.4) is 0 Å². The SMILES string of the molecule is OO.[NH2-].[O]=[Re]=[O]. The second-order valence-electron chi connectivity index (χ2n) is 0.0630. The molecule has 0 aliphatic heterocycles. The predicted octanol–water partition coefficient (Wildman–Crippen LogP) is 0.494. The van der Waals surface area contributed by atoms with Crippen LogP contribution < -0.4 is 0 Å². The number of hydrogen-bond donors (Lipinski definition) is 2. The molecule has 0 unspecified atom stereocenters. The van der Waals surface area contributed by atoms with Crippen molar-refractivity contribution in [3.05, 3.63) is 6.15 Å². The Bertz CT molecular complexity index is 28.5. The van der Waals surface area contributed by atoms with E-state index in [2.05, 4.69) is 0 Å². The maximum atomic E-state index is 8.53. The van der Waals surface area contributed by atoms with E-state index in [1.807, 2.05) is 0 Å². The van der Waals surface area contributed by atoms with E-state index >= 15 is 0 Å². The van der Waals surface area contributed by atoms with Crippen molar-refractivity contribution < 1.29 is 35.3 Å². The van der Waals surface area contributed by atoms with Crippen molar-refractivity contribution in [1.82, 2.24) is 0 Å². The topological polar surface area (TPSA) is 108 Å². The Kier molecular flexibility index (Phi) is 185. The number of hydrogen-bond acceptors (Lipinski definition) is 4.